The number of rotatable bonds is 5. The van der Waals surface area contributed by atoms with Gasteiger partial charge >= 0.3 is 0 Å². The van der Waals surface area contributed by atoms with Gasteiger partial charge in [0.15, 0.2) is 0 Å². The molecule has 2 N–H and O–H groups in total. The molecule has 0 saturated heterocycles. The Bertz CT molecular complexity index is 577. The Hall–Kier alpha value is -2.02. The summed E-state index contributed by atoms with van der Waals surface area (Å²) in [5, 5.41) is 16.0. The molecule has 7 nitrogen and oxygen atoms in total. The number of aromatic nitrogens is 4. The molecule has 0 radical (unpaired) electrons. The minimum atomic E-state index is -0.248. The van der Waals surface area contributed by atoms with Crippen molar-refractivity contribution in [2.24, 2.45) is 0 Å². The van der Waals surface area contributed by atoms with Gasteiger partial charge in [-0.1, -0.05) is 13.8 Å². The molecule has 0 saturated carbocycles. The largest absolute Gasteiger partial charge is 0.394 e. The van der Waals surface area contributed by atoms with E-state index >= 15 is 0 Å². The van der Waals surface area contributed by atoms with Crippen LogP contribution in [0.5, 0.6) is 0 Å². The fraction of sp³-hybridized carbons (Fsp3) is 0.500. The Morgan fingerprint density at radius 3 is 2.89 bits per heavy atom. The molecule has 1 amide bonds. The number of hydrogen-bond donors (Lipinski definition) is 2. The molecule has 0 spiro atoms. The van der Waals surface area contributed by atoms with Crippen molar-refractivity contribution in [3.05, 3.63) is 23.8 Å². The standard InChI is InChI=1S/C12H17N5O2/c1-3-8(6-18)16-11(19)9-5-13-12-14-7-15-17(12)10(9)4-2/h5,7-8,18H,3-4,6H2,1-2H3,(H,16,19). The maximum Gasteiger partial charge on any atom is 0.255 e. The zero-order valence-electron chi connectivity index (χ0n) is 11.0. The van der Waals surface area contributed by atoms with E-state index in [-0.39, 0.29) is 18.6 Å². The molecule has 19 heavy (non-hydrogen) atoms. The molecule has 0 aliphatic carbocycles. The Morgan fingerprint density at radius 1 is 1.47 bits per heavy atom. The van der Waals surface area contributed by atoms with Crippen molar-refractivity contribution in [2.75, 3.05) is 6.61 Å². The number of fused-ring (bicyclic) bond motifs is 1. The van der Waals surface area contributed by atoms with Crippen molar-refractivity contribution in [3.8, 4) is 0 Å². The zero-order valence-corrected chi connectivity index (χ0v) is 11.0. The monoisotopic (exact) mass is 263 g/mol. The summed E-state index contributed by atoms with van der Waals surface area (Å²) in [4.78, 5) is 20.3. The Morgan fingerprint density at radius 2 is 2.26 bits per heavy atom. The first-order valence-electron chi connectivity index (χ1n) is 6.30. The van der Waals surface area contributed by atoms with Crippen molar-refractivity contribution in [3.63, 3.8) is 0 Å². The highest BCUT2D eigenvalue weighted by molar-refractivity contribution is 5.95. The van der Waals surface area contributed by atoms with Crippen LogP contribution >= 0.6 is 0 Å². The van der Waals surface area contributed by atoms with Crippen LogP contribution in [0.4, 0.5) is 0 Å². The van der Waals surface area contributed by atoms with Gasteiger partial charge in [-0.05, 0) is 12.8 Å². The molecule has 1 atom stereocenters. The number of carbonyl (C=O) groups is 1. The predicted octanol–water partition coefficient (Wildman–Crippen LogP) is 0.187. The van der Waals surface area contributed by atoms with Crippen LogP contribution in [0.1, 0.15) is 36.3 Å². The summed E-state index contributed by atoms with van der Waals surface area (Å²) in [5.41, 5.74) is 1.22. The van der Waals surface area contributed by atoms with Gasteiger partial charge in [-0.3, -0.25) is 4.79 Å². The lowest BCUT2D eigenvalue weighted by molar-refractivity contribution is 0.0913. The van der Waals surface area contributed by atoms with Crippen LogP contribution in [-0.4, -0.2) is 43.2 Å². The van der Waals surface area contributed by atoms with Gasteiger partial charge in [0.25, 0.3) is 11.7 Å². The lowest BCUT2D eigenvalue weighted by Crippen LogP contribution is -2.37. The van der Waals surface area contributed by atoms with Crippen LogP contribution in [0, 0.1) is 0 Å². The highest BCUT2D eigenvalue weighted by Crippen LogP contribution is 2.10. The number of carbonyl (C=O) groups excluding carboxylic acids is 1. The maximum atomic E-state index is 12.2. The van der Waals surface area contributed by atoms with E-state index in [2.05, 4.69) is 20.4 Å². The Kier molecular flexibility index (Phi) is 4.06. The lowest BCUT2D eigenvalue weighted by atomic mass is 10.1. The molecule has 0 aliphatic rings. The summed E-state index contributed by atoms with van der Waals surface area (Å²) in [6.07, 6.45) is 4.22. The summed E-state index contributed by atoms with van der Waals surface area (Å²) in [7, 11) is 0. The highest BCUT2D eigenvalue weighted by Gasteiger charge is 2.17. The van der Waals surface area contributed by atoms with E-state index in [0.717, 1.165) is 5.69 Å². The summed E-state index contributed by atoms with van der Waals surface area (Å²) >= 11 is 0. The number of aryl methyl sites for hydroxylation is 1. The first-order chi connectivity index (χ1) is 9.21. The molecular weight excluding hydrogens is 246 g/mol. The minimum absolute atomic E-state index is 0.0807. The number of nitrogens with one attached hydrogen (secondary N) is 1. The summed E-state index contributed by atoms with van der Waals surface area (Å²) < 4.78 is 1.56. The number of aliphatic hydroxyl groups excluding tert-OH is 1. The topological polar surface area (TPSA) is 92.4 Å². The maximum absolute atomic E-state index is 12.2. The second-order valence-electron chi connectivity index (χ2n) is 4.21. The van der Waals surface area contributed by atoms with E-state index < -0.39 is 0 Å². The fourth-order valence-electron chi connectivity index (χ4n) is 1.89. The number of amides is 1. The van der Waals surface area contributed by atoms with Crippen LogP contribution in [0.2, 0.25) is 0 Å². The predicted molar refractivity (Wildman–Crippen MR) is 68.8 cm³/mol. The second kappa shape index (κ2) is 5.75. The van der Waals surface area contributed by atoms with E-state index in [1.165, 1.54) is 12.5 Å². The van der Waals surface area contributed by atoms with Gasteiger partial charge in [-0.25, -0.2) is 9.50 Å². The van der Waals surface area contributed by atoms with Crippen LogP contribution < -0.4 is 5.32 Å². The number of aliphatic hydroxyl groups is 1. The molecule has 0 aliphatic heterocycles. The molecule has 0 bridgehead atoms. The van der Waals surface area contributed by atoms with Gasteiger partial charge in [0.05, 0.1) is 23.9 Å². The van der Waals surface area contributed by atoms with E-state index in [9.17, 15) is 4.79 Å². The first-order valence-corrected chi connectivity index (χ1v) is 6.30. The molecule has 2 aromatic heterocycles. The number of nitrogens with zero attached hydrogens (tertiary/aromatic N) is 4. The summed E-state index contributed by atoms with van der Waals surface area (Å²) in [5.74, 6) is 0.227. The van der Waals surface area contributed by atoms with Gasteiger partial charge < -0.3 is 10.4 Å². The average Bonchev–Trinajstić information content (AvgIpc) is 2.91. The number of hydrogen-bond acceptors (Lipinski definition) is 5. The van der Waals surface area contributed by atoms with Crippen molar-refractivity contribution in [1.29, 1.82) is 0 Å². The van der Waals surface area contributed by atoms with Gasteiger partial charge in [0, 0.05) is 6.20 Å². The zero-order chi connectivity index (χ0) is 13.8. The van der Waals surface area contributed by atoms with Gasteiger partial charge in [0.2, 0.25) is 0 Å². The Labute approximate surface area is 110 Å². The minimum Gasteiger partial charge on any atom is -0.394 e. The van der Waals surface area contributed by atoms with E-state index in [1.54, 1.807) is 4.52 Å². The van der Waals surface area contributed by atoms with Crippen molar-refractivity contribution >= 4 is 11.7 Å². The lowest BCUT2D eigenvalue weighted by Gasteiger charge is -2.15. The third-order valence-electron chi connectivity index (χ3n) is 3.03. The normalized spacial score (nSPS) is 12.6. The van der Waals surface area contributed by atoms with Gasteiger partial charge in [-0.2, -0.15) is 10.1 Å². The quantitative estimate of drug-likeness (QED) is 0.803. The molecule has 0 aromatic carbocycles. The van der Waals surface area contributed by atoms with Crippen molar-refractivity contribution < 1.29 is 9.90 Å². The SMILES string of the molecule is CCc1c(C(=O)NC(CC)CO)cnc2ncnn12. The van der Waals surface area contributed by atoms with E-state index in [0.29, 0.717) is 24.2 Å². The van der Waals surface area contributed by atoms with Crippen LogP contribution in [0.3, 0.4) is 0 Å². The molecule has 7 heteroatoms. The van der Waals surface area contributed by atoms with Crippen molar-refractivity contribution in [2.45, 2.75) is 32.7 Å². The van der Waals surface area contributed by atoms with Crippen LogP contribution in [-0.2, 0) is 6.42 Å². The van der Waals surface area contributed by atoms with E-state index in [4.69, 9.17) is 5.11 Å². The molecule has 0 fully saturated rings. The smallest absolute Gasteiger partial charge is 0.255 e. The summed E-state index contributed by atoms with van der Waals surface area (Å²) in [6, 6.07) is -0.247. The third-order valence-corrected chi connectivity index (χ3v) is 3.03. The summed E-state index contributed by atoms with van der Waals surface area (Å²) in [6.45, 7) is 3.76. The molecule has 2 aromatic rings. The second-order valence-corrected chi connectivity index (χ2v) is 4.21. The molecular formula is C12H17N5O2. The highest BCUT2D eigenvalue weighted by atomic mass is 16.3. The Balaban J connectivity index is 2.35. The van der Waals surface area contributed by atoms with Gasteiger partial charge in [0.1, 0.15) is 6.33 Å². The van der Waals surface area contributed by atoms with Crippen molar-refractivity contribution in [1.82, 2.24) is 24.9 Å². The van der Waals surface area contributed by atoms with Crippen LogP contribution in [0.25, 0.3) is 5.78 Å². The van der Waals surface area contributed by atoms with Crippen LogP contribution in [0.15, 0.2) is 12.5 Å². The van der Waals surface area contributed by atoms with E-state index in [1.807, 2.05) is 13.8 Å². The average molecular weight is 263 g/mol. The molecule has 2 heterocycles. The molecule has 1 unspecified atom stereocenters. The third kappa shape index (κ3) is 2.55. The fourth-order valence-corrected chi connectivity index (χ4v) is 1.89. The first kappa shape index (κ1) is 13.4. The molecule has 2 rings (SSSR count). The molecule has 102 valence electrons. The van der Waals surface area contributed by atoms with Gasteiger partial charge in [-0.15, -0.1) is 0 Å².